The predicted octanol–water partition coefficient (Wildman–Crippen LogP) is 2.45. The van der Waals surface area contributed by atoms with Crippen molar-refractivity contribution in [3.8, 4) is 11.8 Å². The van der Waals surface area contributed by atoms with Gasteiger partial charge in [-0.15, -0.1) is 0 Å². The Morgan fingerprint density at radius 1 is 1.14 bits per heavy atom. The molecule has 1 N–H and O–H groups in total. The first kappa shape index (κ1) is 13.8. The number of rotatable bonds is 4. The molecule has 0 radical (unpaired) electrons. The maximum Gasteiger partial charge on any atom is 0.182 e. The molecule has 2 aromatic heterocycles. The molecule has 108 valence electrons. The van der Waals surface area contributed by atoms with E-state index in [0.29, 0.717) is 18.1 Å². The number of nitrogens with one attached hydrogen (secondary N) is 1. The number of nitrogens with zero attached hydrogens (tertiary/aromatic N) is 5. The molecule has 0 saturated carbocycles. The molecule has 0 aliphatic carbocycles. The number of anilines is 1. The molecule has 0 aliphatic rings. The molecule has 0 spiro atoms. The van der Waals surface area contributed by atoms with Gasteiger partial charge in [-0.1, -0.05) is 18.2 Å². The van der Waals surface area contributed by atoms with Crippen LogP contribution in [0.25, 0.3) is 5.69 Å². The van der Waals surface area contributed by atoms with E-state index in [-0.39, 0.29) is 0 Å². The summed E-state index contributed by atoms with van der Waals surface area (Å²) < 4.78 is 2.03. The van der Waals surface area contributed by atoms with Crippen molar-refractivity contribution in [1.82, 2.24) is 19.5 Å². The molecule has 22 heavy (non-hydrogen) atoms. The topological polar surface area (TPSA) is 79.4 Å². The Morgan fingerprint density at radius 3 is 2.73 bits per heavy atom. The highest BCUT2D eigenvalue weighted by atomic mass is 15.1. The molecule has 0 amide bonds. The number of nitriles is 1. The molecule has 2 heterocycles. The summed E-state index contributed by atoms with van der Waals surface area (Å²) in [6.45, 7) is 2.50. The van der Waals surface area contributed by atoms with Gasteiger partial charge in [0.25, 0.3) is 0 Å². The van der Waals surface area contributed by atoms with Crippen LogP contribution in [0.4, 0.5) is 5.82 Å². The zero-order chi connectivity index (χ0) is 15.4. The van der Waals surface area contributed by atoms with Crippen molar-refractivity contribution in [3.05, 3.63) is 66.1 Å². The number of benzene rings is 1. The second-order valence-electron chi connectivity index (χ2n) is 4.69. The Balaban J connectivity index is 1.88. The predicted molar refractivity (Wildman–Crippen MR) is 82.4 cm³/mol. The Kier molecular flexibility index (Phi) is 3.79. The normalized spacial score (nSPS) is 10.2. The van der Waals surface area contributed by atoms with E-state index in [9.17, 15) is 0 Å². The molecule has 6 nitrogen and oxygen atoms in total. The van der Waals surface area contributed by atoms with Crippen LogP contribution >= 0.6 is 0 Å². The fraction of sp³-hybridized carbons (Fsp3) is 0.125. The van der Waals surface area contributed by atoms with Gasteiger partial charge in [0.1, 0.15) is 11.9 Å². The van der Waals surface area contributed by atoms with E-state index in [4.69, 9.17) is 5.26 Å². The lowest BCUT2D eigenvalue weighted by atomic mass is 10.1. The average Bonchev–Trinajstić information content (AvgIpc) is 2.99. The summed E-state index contributed by atoms with van der Waals surface area (Å²) in [5.41, 5.74) is 2.42. The summed E-state index contributed by atoms with van der Waals surface area (Å²) in [4.78, 5) is 12.4. The van der Waals surface area contributed by atoms with Crippen LogP contribution in [-0.2, 0) is 6.54 Å². The highest BCUT2D eigenvalue weighted by Crippen LogP contribution is 2.18. The van der Waals surface area contributed by atoms with Crippen LogP contribution < -0.4 is 5.32 Å². The minimum Gasteiger partial charge on any atom is -0.363 e. The Labute approximate surface area is 128 Å². The molecular weight excluding hydrogens is 276 g/mol. The quantitative estimate of drug-likeness (QED) is 0.798. The van der Waals surface area contributed by atoms with Gasteiger partial charge in [-0.2, -0.15) is 5.26 Å². The van der Waals surface area contributed by atoms with E-state index in [1.54, 1.807) is 12.4 Å². The van der Waals surface area contributed by atoms with Crippen LogP contribution in [0.2, 0.25) is 0 Å². The van der Waals surface area contributed by atoms with Crippen LogP contribution in [0, 0.1) is 18.3 Å². The van der Waals surface area contributed by atoms with Gasteiger partial charge < -0.3 is 9.88 Å². The first-order valence-electron chi connectivity index (χ1n) is 6.83. The highest BCUT2D eigenvalue weighted by Gasteiger charge is 2.08. The fourth-order valence-corrected chi connectivity index (χ4v) is 2.26. The molecule has 1 aromatic carbocycles. The summed E-state index contributed by atoms with van der Waals surface area (Å²) in [5, 5.41) is 12.2. The van der Waals surface area contributed by atoms with Crippen molar-refractivity contribution in [2.45, 2.75) is 13.5 Å². The van der Waals surface area contributed by atoms with Gasteiger partial charge in [-0.25, -0.2) is 15.0 Å². The second-order valence-corrected chi connectivity index (χ2v) is 4.69. The molecule has 3 aromatic rings. The van der Waals surface area contributed by atoms with Crippen LogP contribution in [0.5, 0.6) is 0 Å². The molecule has 0 fully saturated rings. The number of hydrogen-bond acceptors (Lipinski definition) is 5. The van der Waals surface area contributed by atoms with Crippen molar-refractivity contribution < 1.29 is 0 Å². The molecular formula is C16H14N6. The van der Waals surface area contributed by atoms with E-state index in [1.165, 1.54) is 6.20 Å². The molecule has 0 unspecified atom stereocenters. The highest BCUT2D eigenvalue weighted by molar-refractivity contribution is 5.49. The van der Waals surface area contributed by atoms with Crippen molar-refractivity contribution in [2.24, 2.45) is 0 Å². The van der Waals surface area contributed by atoms with Crippen molar-refractivity contribution >= 4 is 5.82 Å². The lowest BCUT2D eigenvalue weighted by molar-refractivity contribution is 0.945. The summed E-state index contributed by atoms with van der Waals surface area (Å²) in [6, 6.07) is 10.1. The Morgan fingerprint density at radius 2 is 1.95 bits per heavy atom. The largest absolute Gasteiger partial charge is 0.363 e. The van der Waals surface area contributed by atoms with Crippen molar-refractivity contribution in [3.63, 3.8) is 0 Å². The fourth-order valence-electron chi connectivity index (χ4n) is 2.26. The van der Waals surface area contributed by atoms with E-state index >= 15 is 0 Å². The number of aryl methyl sites for hydroxylation is 1. The van der Waals surface area contributed by atoms with Crippen LogP contribution in [0.3, 0.4) is 0 Å². The molecule has 0 atom stereocenters. The second kappa shape index (κ2) is 6.06. The number of imidazole rings is 1. The molecule has 3 rings (SSSR count). The maximum atomic E-state index is 9.05. The van der Waals surface area contributed by atoms with Gasteiger partial charge >= 0.3 is 0 Å². The number of para-hydroxylation sites is 1. The molecule has 0 bridgehead atoms. The average molecular weight is 290 g/mol. The third-order valence-electron chi connectivity index (χ3n) is 3.33. The zero-order valence-corrected chi connectivity index (χ0v) is 12.1. The Bertz CT molecular complexity index is 830. The lowest BCUT2D eigenvalue weighted by Gasteiger charge is -2.13. The van der Waals surface area contributed by atoms with Gasteiger partial charge in [0, 0.05) is 31.3 Å². The van der Waals surface area contributed by atoms with E-state index in [0.717, 1.165) is 17.1 Å². The zero-order valence-electron chi connectivity index (χ0n) is 12.1. The third-order valence-corrected chi connectivity index (χ3v) is 3.33. The van der Waals surface area contributed by atoms with Crippen LogP contribution in [0.15, 0.2) is 49.1 Å². The minimum absolute atomic E-state index is 0.291. The van der Waals surface area contributed by atoms with Crippen molar-refractivity contribution in [2.75, 3.05) is 5.32 Å². The SMILES string of the molecule is Cc1nccn1-c1ccccc1CNc1nccnc1C#N. The van der Waals surface area contributed by atoms with Gasteiger partial charge in [0.15, 0.2) is 11.5 Å². The van der Waals surface area contributed by atoms with Gasteiger partial charge in [-0.3, -0.25) is 0 Å². The third kappa shape index (κ3) is 2.65. The van der Waals surface area contributed by atoms with Crippen molar-refractivity contribution in [1.29, 1.82) is 5.26 Å². The molecule has 0 saturated heterocycles. The molecule has 6 heteroatoms. The molecule has 0 aliphatic heterocycles. The number of hydrogen-bond donors (Lipinski definition) is 1. The standard InChI is InChI=1S/C16H14N6/c1-12-18-8-9-22(12)15-5-3-2-4-13(15)11-21-16-14(10-17)19-6-7-20-16/h2-9H,11H2,1H3,(H,20,21). The summed E-state index contributed by atoms with van der Waals surface area (Å²) in [7, 11) is 0. The summed E-state index contributed by atoms with van der Waals surface area (Å²) in [6.07, 6.45) is 6.77. The van der Waals surface area contributed by atoms with Crippen LogP contribution in [0.1, 0.15) is 17.1 Å². The van der Waals surface area contributed by atoms with Gasteiger partial charge in [-0.05, 0) is 18.6 Å². The maximum absolute atomic E-state index is 9.05. The monoisotopic (exact) mass is 290 g/mol. The first-order chi connectivity index (χ1) is 10.8. The first-order valence-corrected chi connectivity index (χ1v) is 6.83. The van der Waals surface area contributed by atoms with E-state index in [1.807, 2.05) is 48.0 Å². The minimum atomic E-state index is 0.291. The smallest absolute Gasteiger partial charge is 0.182 e. The summed E-state index contributed by atoms with van der Waals surface area (Å²) in [5.74, 6) is 1.41. The van der Waals surface area contributed by atoms with Gasteiger partial charge in [0.2, 0.25) is 0 Å². The Hall–Kier alpha value is -3.20. The van der Waals surface area contributed by atoms with Gasteiger partial charge in [0.05, 0.1) is 5.69 Å². The van der Waals surface area contributed by atoms with E-state index in [2.05, 4.69) is 20.3 Å². The summed E-state index contributed by atoms with van der Waals surface area (Å²) >= 11 is 0. The van der Waals surface area contributed by atoms with E-state index < -0.39 is 0 Å². The lowest BCUT2D eigenvalue weighted by Crippen LogP contribution is -2.08. The van der Waals surface area contributed by atoms with Crippen LogP contribution in [-0.4, -0.2) is 19.5 Å². The number of aromatic nitrogens is 4.